The van der Waals surface area contributed by atoms with Crippen LogP contribution in [0.25, 0.3) is 5.52 Å². The topological polar surface area (TPSA) is 53.7 Å². The number of aromatic nitrogens is 3. The van der Waals surface area contributed by atoms with Gasteiger partial charge in [0, 0.05) is 50.9 Å². The Morgan fingerprint density at radius 2 is 1.96 bits per heavy atom. The van der Waals surface area contributed by atoms with Gasteiger partial charge in [-0.2, -0.15) is 5.10 Å². The van der Waals surface area contributed by atoms with Gasteiger partial charge in [-0.1, -0.05) is 6.42 Å². The summed E-state index contributed by atoms with van der Waals surface area (Å²) in [7, 11) is 1.99. The SMILES string of the molecule is CN(CC1CCN(c2nccn3nc(C4CC4)cc23)CC1)C(=O)C1CCC1. The van der Waals surface area contributed by atoms with E-state index in [9.17, 15) is 4.79 Å². The molecule has 0 spiro atoms. The van der Waals surface area contributed by atoms with E-state index in [0.717, 1.165) is 56.7 Å². The third-order valence-electron chi connectivity index (χ3n) is 6.66. The molecule has 3 aliphatic rings. The van der Waals surface area contributed by atoms with Gasteiger partial charge in [0.1, 0.15) is 5.52 Å². The number of hydrogen-bond donors (Lipinski definition) is 0. The minimum atomic E-state index is 0.305. The fourth-order valence-corrected chi connectivity index (χ4v) is 4.52. The van der Waals surface area contributed by atoms with Crippen LogP contribution in [0.1, 0.15) is 56.6 Å². The fourth-order valence-electron chi connectivity index (χ4n) is 4.52. The largest absolute Gasteiger partial charge is 0.355 e. The average molecular weight is 367 g/mol. The number of anilines is 1. The van der Waals surface area contributed by atoms with Crippen LogP contribution in [0.2, 0.25) is 0 Å². The predicted molar refractivity (Wildman–Crippen MR) is 105 cm³/mol. The van der Waals surface area contributed by atoms with Crippen LogP contribution in [-0.2, 0) is 4.79 Å². The summed E-state index contributed by atoms with van der Waals surface area (Å²) in [4.78, 5) is 21.5. The maximum atomic E-state index is 12.4. The fraction of sp³-hybridized carbons (Fsp3) is 0.667. The molecule has 27 heavy (non-hydrogen) atoms. The maximum absolute atomic E-state index is 12.4. The molecular formula is C21H29N5O. The van der Waals surface area contributed by atoms with Crippen molar-refractivity contribution in [1.29, 1.82) is 0 Å². The van der Waals surface area contributed by atoms with E-state index in [1.165, 1.54) is 25.0 Å². The zero-order valence-electron chi connectivity index (χ0n) is 16.2. The van der Waals surface area contributed by atoms with Crippen molar-refractivity contribution in [2.45, 2.75) is 50.9 Å². The Kier molecular flexibility index (Phi) is 4.29. The predicted octanol–water partition coefficient (Wildman–Crippen LogP) is 3.08. The van der Waals surface area contributed by atoms with E-state index in [-0.39, 0.29) is 0 Å². The third kappa shape index (κ3) is 3.30. The molecule has 0 radical (unpaired) electrons. The van der Waals surface area contributed by atoms with E-state index in [1.54, 1.807) is 0 Å². The molecule has 2 aromatic heterocycles. The lowest BCUT2D eigenvalue weighted by Gasteiger charge is -2.36. The number of fused-ring (bicyclic) bond motifs is 1. The second-order valence-corrected chi connectivity index (χ2v) is 8.70. The monoisotopic (exact) mass is 367 g/mol. The van der Waals surface area contributed by atoms with Crippen molar-refractivity contribution in [2.75, 3.05) is 31.6 Å². The molecule has 2 saturated carbocycles. The first kappa shape index (κ1) is 17.0. The molecule has 0 aromatic carbocycles. The highest BCUT2D eigenvalue weighted by molar-refractivity contribution is 5.79. The van der Waals surface area contributed by atoms with Crippen molar-refractivity contribution in [3.63, 3.8) is 0 Å². The first-order valence-corrected chi connectivity index (χ1v) is 10.5. The quantitative estimate of drug-likeness (QED) is 0.815. The van der Waals surface area contributed by atoms with Gasteiger partial charge in [-0.15, -0.1) is 0 Å². The van der Waals surface area contributed by atoms with Gasteiger partial charge >= 0.3 is 0 Å². The molecule has 0 N–H and O–H groups in total. The summed E-state index contributed by atoms with van der Waals surface area (Å²) in [6.45, 7) is 2.92. The van der Waals surface area contributed by atoms with E-state index in [1.807, 2.05) is 28.9 Å². The average Bonchev–Trinajstić information content (AvgIpc) is 3.39. The second-order valence-electron chi connectivity index (χ2n) is 8.70. The Morgan fingerprint density at radius 1 is 1.19 bits per heavy atom. The minimum Gasteiger partial charge on any atom is -0.355 e. The molecule has 6 nitrogen and oxygen atoms in total. The van der Waals surface area contributed by atoms with Gasteiger partial charge in [0.2, 0.25) is 5.91 Å². The van der Waals surface area contributed by atoms with Crippen molar-refractivity contribution in [3.8, 4) is 0 Å². The summed E-state index contributed by atoms with van der Waals surface area (Å²) in [6, 6.07) is 2.23. The molecule has 0 unspecified atom stereocenters. The summed E-state index contributed by atoms with van der Waals surface area (Å²) < 4.78 is 1.99. The number of carbonyl (C=O) groups excluding carboxylic acids is 1. The molecular weight excluding hydrogens is 338 g/mol. The van der Waals surface area contributed by atoms with E-state index >= 15 is 0 Å². The lowest BCUT2D eigenvalue weighted by atomic mass is 9.84. The molecule has 2 aliphatic carbocycles. The second kappa shape index (κ2) is 6.80. The summed E-state index contributed by atoms with van der Waals surface area (Å²) in [5.74, 6) is 2.99. The van der Waals surface area contributed by atoms with Crippen molar-refractivity contribution in [2.24, 2.45) is 11.8 Å². The van der Waals surface area contributed by atoms with Gasteiger partial charge in [0.05, 0.1) is 5.69 Å². The molecule has 0 bridgehead atoms. The Morgan fingerprint density at radius 3 is 2.63 bits per heavy atom. The standard InChI is InChI=1S/C21H29N5O/c1-24(21(27)17-3-2-4-17)14-15-7-10-25(11-8-15)20-19-13-18(16-5-6-16)23-26(19)12-9-22-20/h9,12-13,15-17H,2-8,10-11,14H2,1H3. The third-order valence-corrected chi connectivity index (χ3v) is 6.66. The smallest absolute Gasteiger partial charge is 0.225 e. The Labute approximate surface area is 160 Å². The van der Waals surface area contributed by atoms with Crippen LogP contribution >= 0.6 is 0 Å². The van der Waals surface area contributed by atoms with E-state index in [4.69, 9.17) is 5.10 Å². The molecule has 3 heterocycles. The highest BCUT2D eigenvalue weighted by atomic mass is 16.2. The number of rotatable bonds is 5. The van der Waals surface area contributed by atoms with Crippen LogP contribution < -0.4 is 4.90 Å². The number of carbonyl (C=O) groups is 1. The van der Waals surface area contributed by atoms with Gasteiger partial charge in [-0.25, -0.2) is 9.50 Å². The number of piperidine rings is 1. The molecule has 1 aliphatic heterocycles. The summed E-state index contributed by atoms with van der Waals surface area (Å²) in [5, 5.41) is 4.74. The van der Waals surface area contributed by atoms with Gasteiger partial charge in [-0.3, -0.25) is 4.79 Å². The van der Waals surface area contributed by atoms with Crippen LogP contribution in [0.3, 0.4) is 0 Å². The number of hydrogen-bond acceptors (Lipinski definition) is 4. The maximum Gasteiger partial charge on any atom is 0.225 e. The minimum absolute atomic E-state index is 0.305. The lowest BCUT2D eigenvalue weighted by molar-refractivity contribution is -0.137. The van der Waals surface area contributed by atoms with Gasteiger partial charge < -0.3 is 9.80 Å². The first-order chi connectivity index (χ1) is 13.2. The summed E-state index contributed by atoms with van der Waals surface area (Å²) >= 11 is 0. The summed E-state index contributed by atoms with van der Waals surface area (Å²) in [5.41, 5.74) is 2.35. The lowest BCUT2D eigenvalue weighted by Crippen LogP contribution is -2.42. The molecule has 2 aromatic rings. The normalized spacial score (nSPS) is 21.4. The molecule has 1 saturated heterocycles. The molecule has 3 fully saturated rings. The van der Waals surface area contributed by atoms with Crippen molar-refractivity contribution < 1.29 is 4.79 Å². The van der Waals surface area contributed by atoms with E-state index in [0.29, 0.717) is 23.7 Å². The number of nitrogens with zero attached hydrogens (tertiary/aromatic N) is 5. The first-order valence-electron chi connectivity index (χ1n) is 10.5. The zero-order chi connectivity index (χ0) is 18.4. The molecule has 5 rings (SSSR count). The van der Waals surface area contributed by atoms with Crippen LogP contribution in [0.5, 0.6) is 0 Å². The Bertz CT molecular complexity index is 830. The van der Waals surface area contributed by atoms with Crippen LogP contribution in [0, 0.1) is 11.8 Å². The zero-order valence-corrected chi connectivity index (χ0v) is 16.2. The molecule has 144 valence electrons. The van der Waals surface area contributed by atoms with Gasteiger partial charge in [-0.05, 0) is 50.5 Å². The van der Waals surface area contributed by atoms with Crippen LogP contribution in [0.4, 0.5) is 5.82 Å². The molecule has 0 atom stereocenters. The molecule has 6 heteroatoms. The van der Waals surface area contributed by atoms with Crippen LogP contribution in [-0.4, -0.2) is 52.1 Å². The highest BCUT2D eigenvalue weighted by Gasteiger charge is 2.31. The summed E-state index contributed by atoms with van der Waals surface area (Å²) in [6.07, 6.45) is 12.0. The Hall–Kier alpha value is -2.11. The van der Waals surface area contributed by atoms with E-state index in [2.05, 4.69) is 16.0 Å². The molecule has 1 amide bonds. The van der Waals surface area contributed by atoms with Gasteiger partial charge in [0.15, 0.2) is 5.82 Å². The van der Waals surface area contributed by atoms with E-state index < -0.39 is 0 Å². The van der Waals surface area contributed by atoms with Crippen molar-refractivity contribution in [3.05, 3.63) is 24.2 Å². The highest BCUT2D eigenvalue weighted by Crippen LogP contribution is 2.40. The number of amides is 1. The van der Waals surface area contributed by atoms with Crippen LogP contribution in [0.15, 0.2) is 18.5 Å². The van der Waals surface area contributed by atoms with Gasteiger partial charge in [0.25, 0.3) is 0 Å². The van der Waals surface area contributed by atoms with Crippen molar-refractivity contribution in [1.82, 2.24) is 19.5 Å². The van der Waals surface area contributed by atoms with Crippen molar-refractivity contribution >= 4 is 17.2 Å². The Balaban J connectivity index is 1.23.